The molecule has 1 aromatic carbocycles. The van der Waals surface area contributed by atoms with Crippen molar-refractivity contribution in [2.75, 3.05) is 0 Å². The first kappa shape index (κ1) is 29.1. The van der Waals surface area contributed by atoms with Gasteiger partial charge in [0.15, 0.2) is 0 Å². The van der Waals surface area contributed by atoms with Crippen LogP contribution in [0.3, 0.4) is 0 Å². The van der Waals surface area contributed by atoms with Gasteiger partial charge < -0.3 is 0 Å². The van der Waals surface area contributed by atoms with Crippen LogP contribution in [0.15, 0.2) is 103 Å². The van der Waals surface area contributed by atoms with E-state index in [9.17, 15) is 13.2 Å². The molecule has 0 aliphatic heterocycles. The van der Waals surface area contributed by atoms with Crippen LogP contribution in [0.1, 0.15) is 63.9 Å². The highest BCUT2D eigenvalue weighted by Crippen LogP contribution is 2.05. The van der Waals surface area contributed by atoms with Gasteiger partial charge in [0.05, 0.1) is 5.75 Å². The number of hydrogen-bond acceptors (Lipinski definition) is 3. The van der Waals surface area contributed by atoms with Gasteiger partial charge in [0.25, 0.3) is 0 Å². The molecule has 1 amide bonds. The van der Waals surface area contributed by atoms with Crippen LogP contribution in [0.4, 0.5) is 0 Å². The summed E-state index contributed by atoms with van der Waals surface area (Å²) >= 11 is 0. The molecule has 5 heteroatoms. The van der Waals surface area contributed by atoms with Crippen molar-refractivity contribution in [2.24, 2.45) is 0 Å². The Kier molecular flexibility index (Phi) is 16.7. The van der Waals surface area contributed by atoms with Gasteiger partial charge in [0, 0.05) is 6.42 Å². The monoisotopic (exact) mass is 481 g/mol. The van der Waals surface area contributed by atoms with Gasteiger partial charge in [-0.05, 0) is 50.5 Å². The van der Waals surface area contributed by atoms with Crippen molar-refractivity contribution in [1.82, 2.24) is 4.72 Å². The quantitative estimate of drug-likeness (QED) is 0.241. The van der Waals surface area contributed by atoms with Crippen LogP contribution in [-0.4, -0.2) is 14.3 Å². The lowest BCUT2D eigenvalue weighted by atomic mass is 10.2. The van der Waals surface area contributed by atoms with Gasteiger partial charge in [-0.2, -0.15) is 0 Å². The summed E-state index contributed by atoms with van der Waals surface area (Å²) in [6.45, 7) is 2.14. The number of amides is 1. The molecule has 1 rings (SSSR count). The zero-order valence-electron chi connectivity index (χ0n) is 20.3. The van der Waals surface area contributed by atoms with E-state index < -0.39 is 15.9 Å². The molecule has 34 heavy (non-hydrogen) atoms. The molecular weight excluding hydrogens is 442 g/mol. The summed E-state index contributed by atoms with van der Waals surface area (Å²) in [5.74, 6) is -0.671. The van der Waals surface area contributed by atoms with Crippen LogP contribution in [0.5, 0.6) is 0 Å². The van der Waals surface area contributed by atoms with Crippen LogP contribution >= 0.6 is 0 Å². The van der Waals surface area contributed by atoms with Gasteiger partial charge >= 0.3 is 0 Å². The minimum absolute atomic E-state index is 0.149. The van der Waals surface area contributed by atoms with Crippen molar-refractivity contribution in [2.45, 2.75) is 64.0 Å². The van der Waals surface area contributed by atoms with Crippen LogP contribution < -0.4 is 4.72 Å². The number of allylic oxidation sites excluding steroid dienone is 12. The average molecular weight is 482 g/mol. The van der Waals surface area contributed by atoms with E-state index in [1.165, 1.54) is 0 Å². The van der Waals surface area contributed by atoms with Crippen molar-refractivity contribution >= 4 is 15.9 Å². The Morgan fingerprint density at radius 1 is 0.706 bits per heavy atom. The molecule has 0 aromatic heterocycles. The highest BCUT2D eigenvalue weighted by Gasteiger charge is 2.14. The second-order valence-electron chi connectivity index (χ2n) is 7.72. The fourth-order valence-electron chi connectivity index (χ4n) is 2.91. The Morgan fingerprint density at radius 2 is 1.15 bits per heavy atom. The lowest BCUT2D eigenvalue weighted by molar-refractivity contribution is -0.119. The third kappa shape index (κ3) is 17.6. The lowest BCUT2D eigenvalue weighted by Crippen LogP contribution is -2.31. The number of hydrogen-bond donors (Lipinski definition) is 1. The van der Waals surface area contributed by atoms with Gasteiger partial charge in [-0.15, -0.1) is 0 Å². The molecule has 0 aliphatic rings. The van der Waals surface area contributed by atoms with Crippen LogP contribution in [0.25, 0.3) is 0 Å². The van der Waals surface area contributed by atoms with Crippen LogP contribution in [-0.2, 0) is 20.6 Å². The molecule has 4 nitrogen and oxygen atoms in total. The molecule has 0 unspecified atom stereocenters. The third-order valence-electron chi connectivity index (χ3n) is 4.60. The first-order chi connectivity index (χ1) is 16.5. The van der Waals surface area contributed by atoms with E-state index in [1.54, 1.807) is 24.3 Å². The van der Waals surface area contributed by atoms with E-state index in [0.717, 1.165) is 38.5 Å². The lowest BCUT2D eigenvalue weighted by Gasteiger charge is -2.06. The highest BCUT2D eigenvalue weighted by atomic mass is 32.2. The molecular formula is C29H39NO3S. The van der Waals surface area contributed by atoms with E-state index in [1.807, 2.05) is 18.2 Å². The largest absolute Gasteiger partial charge is 0.274 e. The van der Waals surface area contributed by atoms with Crippen molar-refractivity contribution in [3.63, 3.8) is 0 Å². The Labute approximate surface area is 206 Å². The molecule has 0 saturated carbocycles. The smallest absolute Gasteiger partial charge is 0.239 e. The number of benzene rings is 1. The van der Waals surface area contributed by atoms with Crippen LogP contribution in [0.2, 0.25) is 0 Å². The summed E-state index contributed by atoms with van der Waals surface area (Å²) in [6.07, 6.45) is 31.9. The van der Waals surface area contributed by atoms with Gasteiger partial charge in [-0.3, -0.25) is 9.52 Å². The maximum atomic E-state index is 12.0. The third-order valence-corrected chi connectivity index (χ3v) is 5.86. The zero-order valence-corrected chi connectivity index (χ0v) is 21.1. The Hall–Kier alpha value is -2.92. The van der Waals surface area contributed by atoms with Gasteiger partial charge in [0.2, 0.25) is 15.9 Å². The van der Waals surface area contributed by atoms with Gasteiger partial charge in [-0.25, -0.2) is 8.42 Å². The van der Waals surface area contributed by atoms with Crippen molar-refractivity contribution < 1.29 is 13.2 Å². The molecule has 0 aliphatic carbocycles. The van der Waals surface area contributed by atoms with E-state index in [-0.39, 0.29) is 12.2 Å². The Morgan fingerprint density at radius 3 is 1.62 bits per heavy atom. The number of nitrogens with one attached hydrogen (secondary N) is 1. The highest BCUT2D eigenvalue weighted by molar-refractivity contribution is 7.89. The predicted octanol–water partition coefficient (Wildman–Crippen LogP) is 7.11. The molecule has 0 radical (unpaired) electrons. The van der Waals surface area contributed by atoms with Crippen molar-refractivity contribution in [3.05, 3.63) is 109 Å². The minimum Gasteiger partial charge on any atom is -0.274 e. The summed E-state index contributed by atoms with van der Waals surface area (Å²) in [7, 11) is -3.66. The molecule has 1 N–H and O–H groups in total. The molecule has 1 aromatic rings. The number of sulfonamides is 1. The van der Waals surface area contributed by atoms with Crippen LogP contribution in [0, 0.1) is 0 Å². The second-order valence-corrected chi connectivity index (χ2v) is 9.45. The van der Waals surface area contributed by atoms with E-state index >= 15 is 0 Å². The molecule has 0 bridgehead atoms. The summed E-state index contributed by atoms with van der Waals surface area (Å²) in [5.41, 5.74) is 0.653. The molecule has 0 spiro atoms. The van der Waals surface area contributed by atoms with Crippen molar-refractivity contribution in [3.8, 4) is 0 Å². The first-order valence-electron chi connectivity index (χ1n) is 12.0. The van der Waals surface area contributed by atoms with Gasteiger partial charge in [0.1, 0.15) is 0 Å². The average Bonchev–Trinajstić information content (AvgIpc) is 2.80. The van der Waals surface area contributed by atoms with E-state index in [4.69, 9.17) is 0 Å². The van der Waals surface area contributed by atoms with E-state index in [2.05, 4.69) is 72.4 Å². The first-order valence-corrected chi connectivity index (χ1v) is 13.7. The number of rotatable bonds is 17. The SMILES string of the molecule is CC/C=C\C/C=C\C/C=C\C/C=C\C/C=C\C/C=C\CCC(=O)NS(=O)(=O)Cc1ccccc1. The Balaban J connectivity index is 2.07. The summed E-state index contributed by atoms with van der Waals surface area (Å²) in [6, 6.07) is 8.81. The maximum Gasteiger partial charge on any atom is 0.239 e. The predicted molar refractivity (Wildman–Crippen MR) is 145 cm³/mol. The van der Waals surface area contributed by atoms with Gasteiger partial charge in [-0.1, -0.05) is 110 Å². The fourth-order valence-corrected chi connectivity index (χ4v) is 4.06. The maximum absolute atomic E-state index is 12.0. The normalized spacial score (nSPS) is 13.0. The molecule has 0 heterocycles. The minimum atomic E-state index is -3.66. The molecule has 0 atom stereocenters. The topological polar surface area (TPSA) is 63.2 Å². The van der Waals surface area contributed by atoms with Crippen molar-refractivity contribution in [1.29, 1.82) is 0 Å². The summed E-state index contributed by atoms with van der Waals surface area (Å²) in [5, 5.41) is 0. The molecule has 0 saturated heterocycles. The Bertz CT molecular complexity index is 952. The number of carbonyl (C=O) groups is 1. The second kappa shape index (κ2) is 19.5. The number of carbonyl (C=O) groups excluding carboxylic acids is 1. The molecule has 0 fully saturated rings. The zero-order chi connectivity index (χ0) is 24.7. The summed E-state index contributed by atoms with van der Waals surface area (Å²) < 4.78 is 26.2. The summed E-state index contributed by atoms with van der Waals surface area (Å²) in [4.78, 5) is 11.9. The van der Waals surface area contributed by atoms with E-state index in [0.29, 0.717) is 12.0 Å². The molecule has 184 valence electrons. The fraction of sp³-hybridized carbons (Fsp3) is 0.345. The standard InChI is InChI=1S/C29H39NO3S/c1-2-3-4-5-6-7-8-9-10-11-12-13-14-15-16-17-18-19-23-26-29(31)30-34(32,33)27-28-24-21-20-22-25-28/h3-4,6-7,9-10,12-13,15-16,18-22,24-25H,2,5,8,11,14,17,23,26-27H2,1H3,(H,30,31)/b4-3-,7-6-,10-9-,13-12-,16-15-,19-18-.